The topological polar surface area (TPSA) is 35.5 Å². The first-order valence-corrected chi connectivity index (χ1v) is 10.5. The molecule has 134 valence electrons. The highest BCUT2D eigenvalue weighted by atomic mass is 32.1. The van der Waals surface area contributed by atoms with Crippen LogP contribution in [0, 0.1) is 0 Å². The van der Waals surface area contributed by atoms with Gasteiger partial charge in [0.15, 0.2) is 0 Å². The molecule has 2 aliphatic heterocycles. The Balaban J connectivity index is 1.35. The standard InChI is InChI=1S/C19H27N5S/c1-22-7-3-4-14(12-22)23-8-10-24(11-9-23)18-17-15-5-2-6-16(15)25-19(17)21-13-20-18/h13-14H,2-12H2,1H3. The average Bonchev–Trinajstić information content (AvgIpc) is 3.22. The third kappa shape index (κ3) is 2.84. The molecule has 1 unspecified atom stereocenters. The molecule has 0 saturated carbocycles. The summed E-state index contributed by atoms with van der Waals surface area (Å²) in [7, 11) is 2.26. The first kappa shape index (κ1) is 16.0. The van der Waals surface area contributed by atoms with E-state index in [2.05, 4.69) is 26.7 Å². The summed E-state index contributed by atoms with van der Waals surface area (Å²) in [4.78, 5) is 19.8. The predicted octanol–water partition coefficient (Wildman–Crippen LogP) is 2.40. The van der Waals surface area contributed by atoms with Crippen LogP contribution < -0.4 is 4.90 Å². The highest BCUT2D eigenvalue weighted by Crippen LogP contribution is 2.40. The van der Waals surface area contributed by atoms with Crippen LogP contribution in [-0.2, 0) is 12.8 Å². The minimum atomic E-state index is 0.747. The van der Waals surface area contributed by atoms with E-state index in [0.717, 1.165) is 32.2 Å². The number of aromatic nitrogens is 2. The van der Waals surface area contributed by atoms with Crippen LogP contribution >= 0.6 is 11.3 Å². The van der Waals surface area contributed by atoms with Crippen LogP contribution in [0.15, 0.2) is 6.33 Å². The SMILES string of the molecule is CN1CCCC(N2CCN(c3ncnc4sc5c(c34)CCC5)CC2)C1. The Bertz CT molecular complexity index is 765. The van der Waals surface area contributed by atoms with Crippen molar-refractivity contribution < 1.29 is 0 Å². The number of nitrogens with zero attached hydrogens (tertiary/aromatic N) is 5. The van der Waals surface area contributed by atoms with Crippen LogP contribution in [0.4, 0.5) is 5.82 Å². The zero-order valence-corrected chi connectivity index (χ0v) is 15.9. The molecular weight excluding hydrogens is 330 g/mol. The first-order valence-electron chi connectivity index (χ1n) is 9.72. The summed E-state index contributed by atoms with van der Waals surface area (Å²) < 4.78 is 0. The number of likely N-dealkylation sites (tertiary alicyclic amines) is 1. The number of rotatable bonds is 2. The maximum Gasteiger partial charge on any atom is 0.141 e. The Morgan fingerprint density at radius 1 is 1.04 bits per heavy atom. The summed E-state index contributed by atoms with van der Waals surface area (Å²) in [5.74, 6) is 1.20. The van der Waals surface area contributed by atoms with Gasteiger partial charge in [-0.05, 0) is 51.3 Å². The van der Waals surface area contributed by atoms with Gasteiger partial charge in [0, 0.05) is 43.6 Å². The molecule has 2 aromatic heterocycles. The molecule has 4 heterocycles. The van der Waals surface area contributed by atoms with E-state index in [1.165, 1.54) is 61.2 Å². The molecule has 5 rings (SSSR count). The van der Waals surface area contributed by atoms with Gasteiger partial charge in [-0.15, -0.1) is 11.3 Å². The molecule has 6 heteroatoms. The number of thiophene rings is 1. The van der Waals surface area contributed by atoms with Crippen LogP contribution in [0.3, 0.4) is 0 Å². The number of piperazine rings is 1. The lowest BCUT2D eigenvalue weighted by Crippen LogP contribution is -2.54. The number of hydrogen-bond acceptors (Lipinski definition) is 6. The Kier molecular flexibility index (Phi) is 4.14. The van der Waals surface area contributed by atoms with Gasteiger partial charge in [-0.1, -0.05) is 0 Å². The second-order valence-electron chi connectivity index (χ2n) is 7.82. The third-order valence-electron chi connectivity index (χ3n) is 6.21. The molecule has 2 aromatic rings. The van der Waals surface area contributed by atoms with E-state index < -0.39 is 0 Å². The Hall–Kier alpha value is -1.24. The van der Waals surface area contributed by atoms with Crippen molar-refractivity contribution in [3.05, 3.63) is 16.8 Å². The molecule has 3 aliphatic rings. The molecule has 0 N–H and O–H groups in total. The van der Waals surface area contributed by atoms with Crippen LogP contribution in [0.1, 0.15) is 29.7 Å². The van der Waals surface area contributed by atoms with E-state index in [-0.39, 0.29) is 0 Å². The average molecular weight is 358 g/mol. The molecule has 0 bridgehead atoms. The van der Waals surface area contributed by atoms with Crippen LogP contribution in [0.25, 0.3) is 10.2 Å². The summed E-state index contributed by atoms with van der Waals surface area (Å²) in [6, 6.07) is 0.747. The Morgan fingerprint density at radius 2 is 1.92 bits per heavy atom. The summed E-state index contributed by atoms with van der Waals surface area (Å²) >= 11 is 1.89. The van der Waals surface area contributed by atoms with E-state index in [1.54, 1.807) is 16.8 Å². The number of fused-ring (bicyclic) bond motifs is 3. The lowest BCUT2D eigenvalue weighted by Gasteiger charge is -2.43. The number of hydrogen-bond donors (Lipinski definition) is 0. The smallest absolute Gasteiger partial charge is 0.141 e. The third-order valence-corrected chi connectivity index (χ3v) is 7.41. The molecule has 0 radical (unpaired) electrons. The molecule has 5 nitrogen and oxygen atoms in total. The zero-order valence-electron chi connectivity index (χ0n) is 15.1. The largest absolute Gasteiger partial charge is 0.353 e. The van der Waals surface area contributed by atoms with Gasteiger partial charge in [0.2, 0.25) is 0 Å². The fourth-order valence-corrected chi connectivity index (χ4v) is 6.11. The summed E-state index contributed by atoms with van der Waals surface area (Å²) in [5, 5.41) is 1.37. The van der Waals surface area contributed by atoms with Crippen molar-refractivity contribution >= 4 is 27.4 Å². The quantitative estimate of drug-likeness (QED) is 0.825. The van der Waals surface area contributed by atoms with Gasteiger partial charge in [-0.3, -0.25) is 4.90 Å². The molecule has 2 fully saturated rings. The minimum absolute atomic E-state index is 0.747. The maximum atomic E-state index is 4.72. The number of piperidine rings is 1. The highest BCUT2D eigenvalue weighted by Gasteiger charge is 2.29. The highest BCUT2D eigenvalue weighted by molar-refractivity contribution is 7.19. The first-order chi connectivity index (χ1) is 12.3. The zero-order chi connectivity index (χ0) is 16.8. The Labute approximate surface area is 153 Å². The monoisotopic (exact) mass is 357 g/mol. The summed E-state index contributed by atoms with van der Waals surface area (Å²) in [5.41, 5.74) is 1.55. The van der Waals surface area contributed by atoms with Gasteiger partial charge in [0.05, 0.1) is 5.39 Å². The Morgan fingerprint density at radius 3 is 2.76 bits per heavy atom. The van der Waals surface area contributed by atoms with Gasteiger partial charge in [0.25, 0.3) is 0 Å². The van der Waals surface area contributed by atoms with Crippen molar-refractivity contribution in [1.29, 1.82) is 0 Å². The van der Waals surface area contributed by atoms with Crippen molar-refractivity contribution in [1.82, 2.24) is 19.8 Å². The van der Waals surface area contributed by atoms with Gasteiger partial charge >= 0.3 is 0 Å². The van der Waals surface area contributed by atoms with E-state index in [0.29, 0.717) is 0 Å². The molecular formula is C19H27N5S. The second kappa shape index (κ2) is 6.49. The number of likely N-dealkylation sites (N-methyl/N-ethyl adjacent to an activating group) is 1. The van der Waals surface area contributed by atoms with Crippen LogP contribution in [0.2, 0.25) is 0 Å². The van der Waals surface area contributed by atoms with Gasteiger partial charge in [0.1, 0.15) is 17.0 Å². The van der Waals surface area contributed by atoms with E-state index in [1.807, 2.05) is 11.3 Å². The lowest BCUT2D eigenvalue weighted by atomic mass is 10.0. The van der Waals surface area contributed by atoms with Crippen molar-refractivity contribution in [3.63, 3.8) is 0 Å². The van der Waals surface area contributed by atoms with Crippen LogP contribution in [0.5, 0.6) is 0 Å². The van der Waals surface area contributed by atoms with Crippen molar-refractivity contribution in [3.8, 4) is 0 Å². The summed E-state index contributed by atoms with van der Waals surface area (Å²) in [6.45, 7) is 7.01. The maximum absolute atomic E-state index is 4.72. The fraction of sp³-hybridized carbons (Fsp3) is 0.684. The fourth-order valence-electron chi connectivity index (χ4n) is 4.89. The normalized spacial score (nSPS) is 25.6. The van der Waals surface area contributed by atoms with E-state index >= 15 is 0 Å². The molecule has 25 heavy (non-hydrogen) atoms. The van der Waals surface area contributed by atoms with E-state index in [4.69, 9.17) is 4.98 Å². The van der Waals surface area contributed by atoms with Gasteiger partial charge in [-0.25, -0.2) is 9.97 Å². The number of aryl methyl sites for hydroxylation is 2. The minimum Gasteiger partial charge on any atom is -0.353 e. The van der Waals surface area contributed by atoms with Gasteiger partial charge in [-0.2, -0.15) is 0 Å². The summed E-state index contributed by atoms with van der Waals surface area (Å²) in [6.07, 6.45) is 8.22. The molecule has 1 aliphatic carbocycles. The molecule has 0 spiro atoms. The second-order valence-corrected chi connectivity index (χ2v) is 8.90. The predicted molar refractivity (Wildman–Crippen MR) is 104 cm³/mol. The molecule has 0 amide bonds. The van der Waals surface area contributed by atoms with Crippen LogP contribution in [-0.4, -0.2) is 72.1 Å². The van der Waals surface area contributed by atoms with Gasteiger partial charge < -0.3 is 9.80 Å². The van der Waals surface area contributed by atoms with Crippen molar-refractivity contribution in [2.24, 2.45) is 0 Å². The molecule has 0 aromatic carbocycles. The van der Waals surface area contributed by atoms with Crippen molar-refractivity contribution in [2.45, 2.75) is 38.1 Å². The molecule has 1 atom stereocenters. The van der Waals surface area contributed by atoms with Crippen molar-refractivity contribution in [2.75, 3.05) is 51.2 Å². The lowest BCUT2D eigenvalue weighted by molar-refractivity contribution is 0.106. The molecule has 2 saturated heterocycles. The number of anilines is 1. The van der Waals surface area contributed by atoms with E-state index in [9.17, 15) is 0 Å².